The second kappa shape index (κ2) is 8.35. The molecule has 5 nitrogen and oxygen atoms in total. The van der Waals surface area contributed by atoms with Crippen LogP contribution in [-0.2, 0) is 0 Å². The van der Waals surface area contributed by atoms with E-state index in [0.29, 0.717) is 18.1 Å². The molecule has 1 N–H and O–H groups in total. The van der Waals surface area contributed by atoms with Gasteiger partial charge in [-0.25, -0.2) is 9.97 Å². The van der Waals surface area contributed by atoms with Crippen LogP contribution in [0, 0.1) is 6.92 Å². The van der Waals surface area contributed by atoms with Gasteiger partial charge in [0.15, 0.2) is 11.5 Å². The molecule has 0 bridgehead atoms. The van der Waals surface area contributed by atoms with E-state index in [-0.39, 0.29) is 12.4 Å². The minimum Gasteiger partial charge on any atom is -0.493 e. The van der Waals surface area contributed by atoms with Crippen molar-refractivity contribution in [2.45, 2.75) is 6.92 Å². The smallest absolute Gasteiger partial charge is 0.163 e. The van der Waals surface area contributed by atoms with Crippen LogP contribution in [0.5, 0.6) is 11.5 Å². The average Bonchev–Trinajstić information content (AvgIpc) is 2.59. The molecule has 0 aliphatic heterocycles. The first-order chi connectivity index (χ1) is 11.7. The van der Waals surface area contributed by atoms with Gasteiger partial charge in [-0.2, -0.15) is 0 Å². The maximum Gasteiger partial charge on any atom is 0.163 e. The first-order valence-corrected chi connectivity index (χ1v) is 7.61. The molecule has 2 aromatic carbocycles. The molecule has 1 aromatic heterocycles. The van der Waals surface area contributed by atoms with Crippen molar-refractivity contribution < 1.29 is 9.47 Å². The van der Waals surface area contributed by atoms with Crippen LogP contribution in [0.15, 0.2) is 55.4 Å². The van der Waals surface area contributed by atoms with E-state index in [1.54, 1.807) is 13.2 Å². The minimum atomic E-state index is 0. The first-order valence-electron chi connectivity index (χ1n) is 7.61. The summed E-state index contributed by atoms with van der Waals surface area (Å²) in [4.78, 5) is 8.70. The van der Waals surface area contributed by atoms with Crippen molar-refractivity contribution in [3.8, 4) is 11.5 Å². The van der Waals surface area contributed by atoms with Gasteiger partial charge in [0.2, 0.25) is 0 Å². The van der Waals surface area contributed by atoms with Gasteiger partial charge in [-0.15, -0.1) is 12.4 Å². The van der Waals surface area contributed by atoms with Crippen LogP contribution in [0.2, 0.25) is 0 Å². The van der Waals surface area contributed by atoms with E-state index < -0.39 is 0 Å². The molecular formula is C19H20ClN3O2. The fraction of sp³-hybridized carbons (Fsp3) is 0.158. The van der Waals surface area contributed by atoms with Gasteiger partial charge in [-0.3, -0.25) is 0 Å². The van der Waals surface area contributed by atoms with Crippen LogP contribution in [0.3, 0.4) is 0 Å². The number of aromatic nitrogens is 2. The summed E-state index contributed by atoms with van der Waals surface area (Å²) in [6, 6.07) is 11.8. The van der Waals surface area contributed by atoms with E-state index in [1.807, 2.05) is 24.3 Å². The van der Waals surface area contributed by atoms with Gasteiger partial charge in [-0.05, 0) is 30.7 Å². The Morgan fingerprint density at radius 2 is 2.00 bits per heavy atom. The van der Waals surface area contributed by atoms with E-state index in [2.05, 4.69) is 40.9 Å². The number of nitrogens with zero attached hydrogens (tertiary/aromatic N) is 2. The van der Waals surface area contributed by atoms with E-state index in [9.17, 15) is 0 Å². The third-order valence-electron chi connectivity index (χ3n) is 3.56. The second-order valence-electron chi connectivity index (χ2n) is 5.34. The Bertz CT molecular complexity index is 884. The van der Waals surface area contributed by atoms with Crippen molar-refractivity contribution in [3.05, 3.63) is 60.9 Å². The molecule has 3 rings (SSSR count). The lowest BCUT2D eigenvalue weighted by molar-refractivity contribution is 0.327. The molecule has 0 radical (unpaired) electrons. The molecule has 0 fully saturated rings. The lowest BCUT2D eigenvalue weighted by Gasteiger charge is -2.13. The van der Waals surface area contributed by atoms with Gasteiger partial charge in [0, 0.05) is 17.1 Å². The van der Waals surface area contributed by atoms with Gasteiger partial charge in [0.25, 0.3) is 0 Å². The lowest BCUT2D eigenvalue weighted by Crippen LogP contribution is -1.99. The fourth-order valence-corrected chi connectivity index (χ4v) is 2.44. The number of halogens is 1. The number of ether oxygens (including phenoxy) is 2. The van der Waals surface area contributed by atoms with E-state index in [1.165, 1.54) is 11.9 Å². The highest BCUT2D eigenvalue weighted by Crippen LogP contribution is 2.34. The van der Waals surface area contributed by atoms with Gasteiger partial charge >= 0.3 is 0 Å². The molecular weight excluding hydrogens is 338 g/mol. The van der Waals surface area contributed by atoms with Crippen LogP contribution < -0.4 is 14.8 Å². The Morgan fingerprint density at radius 3 is 2.72 bits per heavy atom. The predicted molar refractivity (Wildman–Crippen MR) is 103 cm³/mol. The van der Waals surface area contributed by atoms with Crippen molar-refractivity contribution in [2.75, 3.05) is 19.0 Å². The summed E-state index contributed by atoms with van der Waals surface area (Å²) in [7, 11) is 1.61. The predicted octanol–water partition coefficient (Wildman–Crippen LogP) is 4.68. The number of hydrogen-bond donors (Lipinski definition) is 1. The van der Waals surface area contributed by atoms with Crippen molar-refractivity contribution >= 4 is 34.8 Å². The van der Waals surface area contributed by atoms with Gasteiger partial charge in [-0.1, -0.05) is 24.8 Å². The fourth-order valence-electron chi connectivity index (χ4n) is 2.44. The Hall–Kier alpha value is -2.79. The minimum absolute atomic E-state index is 0. The number of nitrogens with one attached hydrogen (secondary N) is 1. The molecule has 0 saturated heterocycles. The molecule has 0 aliphatic rings. The third-order valence-corrected chi connectivity index (χ3v) is 3.56. The normalized spacial score (nSPS) is 10.0. The zero-order valence-electron chi connectivity index (χ0n) is 14.2. The van der Waals surface area contributed by atoms with Crippen molar-refractivity contribution in [1.29, 1.82) is 0 Å². The van der Waals surface area contributed by atoms with Gasteiger partial charge in [0.1, 0.15) is 18.8 Å². The van der Waals surface area contributed by atoms with Crippen molar-refractivity contribution in [1.82, 2.24) is 9.97 Å². The molecule has 0 unspecified atom stereocenters. The van der Waals surface area contributed by atoms with Crippen molar-refractivity contribution in [2.24, 2.45) is 0 Å². The van der Waals surface area contributed by atoms with Crippen LogP contribution in [0.4, 0.5) is 11.5 Å². The number of benzene rings is 2. The van der Waals surface area contributed by atoms with Crippen LogP contribution in [-0.4, -0.2) is 23.7 Å². The average molecular weight is 358 g/mol. The van der Waals surface area contributed by atoms with Crippen LogP contribution >= 0.6 is 12.4 Å². The summed E-state index contributed by atoms with van der Waals surface area (Å²) in [5.74, 6) is 1.98. The standard InChI is InChI=1S/C19H19N3O2.ClH/c1-4-8-24-18-11-16-15(10-17(18)23-3)19(21-12-20-16)22-14-7-5-6-13(2)9-14;/h4-7,9-12H,1,8H2,2-3H3,(H,20,21,22);1H. The first kappa shape index (κ1) is 18.5. The van der Waals surface area contributed by atoms with Crippen LogP contribution in [0.25, 0.3) is 10.9 Å². The summed E-state index contributed by atoms with van der Waals surface area (Å²) < 4.78 is 11.1. The Morgan fingerprint density at radius 1 is 1.16 bits per heavy atom. The number of rotatable bonds is 6. The van der Waals surface area contributed by atoms with Gasteiger partial charge < -0.3 is 14.8 Å². The lowest BCUT2D eigenvalue weighted by atomic mass is 10.2. The zero-order valence-corrected chi connectivity index (χ0v) is 15.0. The highest BCUT2D eigenvalue weighted by atomic mass is 35.5. The quantitative estimate of drug-likeness (QED) is 0.649. The highest BCUT2D eigenvalue weighted by Gasteiger charge is 2.11. The molecule has 25 heavy (non-hydrogen) atoms. The highest BCUT2D eigenvalue weighted by molar-refractivity contribution is 5.93. The number of aryl methyl sites for hydroxylation is 1. The Labute approximate surface area is 153 Å². The maximum absolute atomic E-state index is 5.64. The maximum atomic E-state index is 5.64. The molecule has 0 spiro atoms. The second-order valence-corrected chi connectivity index (χ2v) is 5.34. The largest absolute Gasteiger partial charge is 0.493 e. The Kier molecular flexibility index (Phi) is 6.19. The molecule has 0 aliphatic carbocycles. The van der Waals surface area contributed by atoms with Gasteiger partial charge in [0.05, 0.1) is 12.6 Å². The van der Waals surface area contributed by atoms with E-state index >= 15 is 0 Å². The number of fused-ring (bicyclic) bond motifs is 1. The summed E-state index contributed by atoms with van der Waals surface area (Å²) >= 11 is 0. The van der Waals surface area contributed by atoms with Crippen LogP contribution in [0.1, 0.15) is 5.56 Å². The molecule has 0 atom stereocenters. The molecule has 3 aromatic rings. The summed E-state index contributed by atoms with van der Waals surface area (Å²) in [5.41, 5.74) is 2.93. The number of anilines is 2. The molecule has 6 heteroatoms. The molecule has 130 valence electrons. The van der Waals surface area contributed by atoms with E-state index in [4.69, 9.17) is 9.47 Å². The molecule has 1 heterocycles. The zero-order chi connectivity index (χ0) is 16.9. The van der Waals surface area contributed by atoms with E-state index in [0.717, 1.165) is 22.4 Å². The summed E-state index contributed by atoms with van der Waals surface area (Å²) in [6.45, 7) is 6.12. The number of methoxy groups -OCH3 is 1. The summed E-state index contributed by atoms with van der Waals surface area (Å²) in [6.07, 6.45) is 3.22. The Balaban J connectivity index is 0.00000225. The molecule has 0 amide bonds. The third kappa shape index (κ3) is 4.19. The monoisotopic (exact) mass is 357 g/mol. The SMILES string of the molecule is C=CCOc1cc2ncnc(Nc3cccc(C)c3)c2cc1OC.Cl. The topological polar surface area (TPSA) is 56.3 Å². The molecule has 0 saturated carbocycles. The van der Waals surface area contributed by atoms with Crippen molar-refractivity contribution in [3.63, 3.8) is 0 Å². The number of hydrogen-bond acceptors (Lipinski definition) is 5. The summed E-state index contributed by atoms with van der Waals surface area (Å²) in [5, 5.41) is 4.20.